The highest BCUT2D eigenvalue weighted by Crippen LogP contribution is 2.25. The van der Waals surface area contributed by atoms with Gasteiger partial charge in [-0.2, -0.15) is 9.61 Å². The number of fused-ring (bicyclic) bond motifs is 1. The number of carbonyl (C=O) groups is 1. The first-order chi connectivity index (χ1) is 14.9. The number of anilines is 1. The smallest absolute Gasteiger partial charge is 0.319 e. The number of carbonyl (C=O) groups excluding carboxylic acids is 1. The Kier molecular flexibility index (Phi) is 5.68. The number of ether oxygens (including phenoxy) is 1. The normalized spacial score (nSPS) is 10.8. The van der Waals surface area contributed by atoms with Crippen LogP contribution in [0.5, 0.6) is 5.75 Å². The summed E-state index contributed by atoms with van der Waals surface area (Å²) in [7, 11) is 1.54. The van der Waals surface area contributed by atoms with E-state index in [0.29, 0.717) is 27.1 Å². The van der Waals surface area contributed by atoms with Crippen molar-refractivity contribution in [2.45, 2.75) is 20.4 Å². The van der Waals surface area contributed by atoms with Gasteiger partial charge in [0.1, 0.15) is 10.8 Å². The lowest BCUT2D eigenvalue weighted by atomic mass is 10.2. The van der Waals surface area contributed by atoms with Gasteiger partial charge in [0.15, 0.2) is 0 Å². The number of aryl methyl sites for hydroxylation is 2. The van der Waals surface area contributed by atoms with Gasteiger partial charge in [-0.1, -0.05) is 47.2 Å². The van der Waals surface area contributed by atoms with Gasteiger partial charge in [-0.3, -0.25) is 4.79 Å². The summed E-state index contributed by atoms with van der Waals surface area (Å²) in [5, 5.41) is 10.6. The van der Waals surface area contributed by atoms with Crippen molar-refractivity contribution in [3.63, 3.8) is 0 Å². The van der Waals surface area contributed by atoms with Gasteiger partial charge in [0.05, 0.1) is 25.0 Å². The molecule has 0 aliphatic carbocycles. The van der Waals surface area contributed by atoms with E-state index in [1.54, 1.807) is 13.2 Å². The number of nitrogens with zero attached hydrogens (tertiary/aromatic N) is 3. The molecular formula is C22H21N5O3S. The number of amides is 2. The highest BCUT2D eigenvalue weighted by molar-refractivity contribution is 7.19. The van der Waals surface area contributed by atoms with Gasteiger partial charge in [-0.05, 0) is 31.5 Å². The second-order valence-electron chi connectivity index (χ2n) is 7.06. The minimum Gasteiger partial charge on any atom is -0.495 e. The molecule has 2 aromatic carbocycles. The van der Waals surface area contributed by atoms with Gasteiger partial charge >= 0.3 is 6.03 Å². The maximum Gasteiger partial charge on any atom is 0.319 e. The van der Waals surface area contributed by atoms with Crippen LogP contribution in [-0.2, 0) is 6.54 Å². The third-order valence-electron chi connectivity index (χ3n) is 4.63. The van der Waals surface area contributed by atoms with Gasteiger partial charge in [0, 0.05) is 11.6 Å². The summed E-state index contributed by atoms with van der Waals surface area (Å²) < 4.78 is 6.55. The van der Waals surface area contributed by atoms with E-state index in [9.17, 15) is 9.59 Å². The molecule has 0 fully saturated rings. The van der Waals surface area contributed by atoms with E-state index in [1.807, 2.05) is 50.2 Å². The number of rotatable bonds is 5. The van der Waals surface area contributed by atoms with Crippen molar-refractivity contribution in [3.05, 3.63) is 75.7 Å². The summed E-state index contributed by atoms with van der Waals surface area (Å²) in [4.78, 5) is 29.8. The first-order valence-corrected chi connectivity index (χ1v) is 10.4. The molecule has 158 valence electrons. The highest BCUT2D eigenvalue weighted by atomic mass is 32.1. The van der Waals surface area contributed by atoms with Crippen molar-refractivity contribution in [2.75, 3.05) is 12.4 Å². The standard InChI is InChI=1S/C22H21N5O3S/c1-13-4-7-15(8-5-13)20-26-27-19(28)11-16(24-22(27)31-20)12-23-21(29)25-17-10-14(2)6-9-18(17)30-3/h4-11H,12H2,1-3H3,(H2,23,25,29). The molecule has 9 heteroatoms. The van der Waals surface area contributed by atoms with E-state index >= 15 is 0 Å². The fraction of sp³-hybridized carbons (Fsp3) is 0.182. The first kappa shape index (κ1) is 20.5. The van der Waals surface area contributed by atoms with Gasteiger partial charge in [-0.25, -0.2) is 9.78 Å². The van der Waals surface area contributed by atoms with E-state index in [1.165, 1.54) is 21.9 Å². The maximum absolute atomic E-state index is 12.5. The summed E-state index contributed by atoms with van der Waals surface area (Å²) in [5.74, 6) is 0.562. The minimum atomic E-state index is -0.421. The molecule has 0 aliphatic rings. The van der Waals surface area contributed by atoms with Crippen molar-refractivity contribution >= 4 is 28.0 Å². The lowest BCUT2D eigenvalue weighted by Gasteiger charge is -2.11. The van der Waals surface area contributed by atoms with Crippen LogP contribution in [0.1, 0.15) is 16.8 Å². The topological polar surface area (TPSA) is 97.6 Å². The first-order valence-electron chi connectivity index (χ1n) is 9.59. The predicted octanol–water partition coefficient (Wildman–Crippen LogP) is 3.77. The Morgan fingerprint density at radius 3 is 2.58 bits per heavy atom. The Bertz CT molecular complexity index is 1310. The number of benzene rings is 2. The molecule has 2 amide bonds. The summed E-state index contributed by atoms with van der Waals surface area (Å²) in [6, 6.07) is 14.4. The van der Waals surface area contributed by atoms with Crippen LogP contribution in [-0.4, -0.2) is 27.7 Å². The lowest BCUT2D eigenvalue weighted by molar-refractivity contribution is 0.251. The molecule has 0 spiro atoms. The van der Waals surface area contributed by atoms with Crippen LogP contribution in [0.2, 0.25) is 0 Å². The zero-order valence-electron chi connectivity index (χ0n) is 17.3. The van der Waals surface area contributed by atoms with Crippen LogP contribution in [0.15, 0.2) is 53.3 Å². The van der Waals surface area contributed by atoms with Crippen molar-refractivity contribution < 1.29 is 9.53 Å². The monoisotopic (exact) mass is 435 g/mol. The van der Waals surface area contributed by atoms with Crippen molar-refractivity contribution in [1.82, 2.24) is 19.9 Å². The molecule has 0 saturated carbocycles. The maximum atomic E-state index is 12.5. The number of methoxy groups -OCH3 is 1. The fourth-order valence-electron chi connectivity index (χ4n) is 3.02. The molecule has 0 aliphatic heterocycles. The van der Waals surface area contributed by atoms with E-state index in [0.717, 1.165) is 16.7 Å². The molecule has 0 bridgehead atoms. The molecule has 0 atom stereocenters. The molecule has 31 heavy (non-hydrogen) atoms. The molecule has 4 rings (SSSR count). The van der Waals surface area contributed by atoms with Crippen LogP contribution in [0.3, 0.4) is 0 Å². The Morgan fingerprint density at radius 2 is 1.84 bits per heavy atom. The summed E-state index contributed by atoms with van der Waals surface area (Å²) in [5.41, 5.74) is 3.79. The predicted molar refractivity (Wildman–Crippen MR) is 121 cm³/mol. The average Bonchev–Trinajstić information content (AvgIpc) is 3.18. The van der Waals surface area contributed by atoms with Crippen LogP contribution in [0, 0.1) is 13.8 Å². The molecule has 2 aromatic heterocycles. The third-order valence-corrected chi connectivity index (χ3v) is 5.59. The second kappa shape index (κ2) is 8.57. The van der Waals surface area contributed by atoms with Gasteiger partial charge in [-0.15, -0.1) is 0 Å². The molecule has 0 radical (unpaired) electrons. The van der Waals surface area contributed by atoms with Gasteiger partial charge in [0.25, 0.3) is 5.56 Å². The third kappa shape index (κ3) is 4.56. The van der Waals surface area contributed by atoms with Crippen LogP contribution < -0.4 is 20.9 Å². The van der Waals surface area contributed by atoms with E-state index in [4.69, 9.17) is 4.74 Å². The zero-order chi connectivity index (χ0) is 22.0. The number of aromatic nitrogens is 3. The number of hydrogen-bond acceptors (Lipinski definition) is 6. The van der Waals surface area contributed by atoms with Crippen molar-refractivity contribution in [3.8, 4) is 16.3 Å². The SMILES string of the molecule is COc1ccc(C)cc1NC(=O)NCc1cc(=O)n2nc(-c3ccc(C)cc3)sc2n1. The summed E-state index contributed by atoms with van der Waals surface area (Å²) in [6.07, 6.45) is 0. The quantitative estimate of drug-likeness (QED) is 0.497. The Labute approximate surface area is 182 Å². The van der Waals surface area contributed by atoms with Gasteiger partial charge in [0.2, 0.25) is 4.96 Å². The Balaban J connectivity index is 1.50. The molecule has 4 aromatic rings. The van der Waals surface area contributed by atoms with Crippen LogP contribution >= 0.6 is 11.3 Å². The summed E-state index contributed by atoms with van der Waals surface area (Å²) in [6.45, 7) is 4.04. The lowest BCUT2D eigenvalue weighted by Crippen LogP contribution is -2.29. The Morgan fingerprint density at radius 1 is 1.10 bits per heavy atom. The van der Waals surface area contributed by atoms with Crippen molar-refractivity contribution in [2.24, 2.45) is 0 Å². The fourth-order valence-corrected chi connectivity index (χ4v) is 3.95. The van der Waals surface area contributed by atoms with E-state index < -0.39 is 6.03 Å². The second-order valence-corrected chi connectivity index (χ2v) is 8.02. The number of nitrogens with one attached hydrogen (secondary N) is 2. The van der Waals surface area contributed by atoms with Crippen molar-refractivity contribution in [1.29, 1.82) is 0 Å². The van der Waals surface area contributed by atoms with Crippen LogP contribution in [0.4, 0.5) is 10.5 Å². The molecule has 0 saturated heterocycles. The zero-order valence-corrected chi connectivity index (χ0v) is 18.1. The Hall–Kier alpha value is -3.72. The molecule has 2 N–H and O–H groups in total. The van der Waals surface area contributed by atoms with Gasteiger partial charge < -0.3 is 15.4 Å². The number of urea groups is 1. The average molecular weight is 436 g/mol. The van der Waals surface area contributed by atoms with E-state index in [-0.39, 0.29) is 12.1 Å². The summed E-state index contributed by atoms with van der Waals surface area (Å²) >= 11 is 1.32. The molecular weight excluding hydrogens is 414 g/mol. The van der Waals surface area contributed by atoms with Crippen LogP contribution in [0.25, 0.3) is 15.5 Å². The largest absolute Gasteiger partial charge is 0.495 e. The molecule has 8 nitrogen and oxygen atoms in total. The molecule has 2 heterocycles. The number of hydrogen-bond donors (Lipinski definition) is 2. The minimum absolute atomic E-state index is 0.101. The highest BCUT2D eigenvalue weighted by Gasteiger charge is 2.12. The molecule has 0 unspecified atom stereocenters. The van der Waals surface area contributed by atoms with E-state index in [2.05, 4.69) is 20.7 Å².